The number of thiophene rings is 1. The molecule has 2 aromatic heterocycles. The first-order chi connectivity index (χ1) is 7.69. The predicted octanol–water partition coefficient (Wildman–Crippen LogP) is 3.68. The van der Waals surface area contributed by atoms with Crippen molar-refractivity contribution in [1.29, 1.82) is 0 Å². The molecule has 2 rings (SSSR count). The normalized spacial score (nSPS) is 12.9. The Morgan fingerprint density at radius 3 is 2.88 bits per heavy atom. The van der Waals surface area contributed by atoms with Gasteiger partial charge in [0.2, 0.25) is 0 Å². The van der Waals surface area contributed by atoms with Crippen molar-refractivity contribution in [2.45, 2.75) is 19.4 Å². The summed E-state index contributed by atoms with van der Waals surface area (Å²) in [4.78, 5) is 6.89. The summed E-state index contributed by atoms with van der Waals surface area (Å²) >= 11 is 9.23. The van der Waals surface area contributed by atoms with Crippen LogP contribution in [0.15, 0.2) is 18.3 Å². The van der Waals surface area contributed by atoms with Crippen molar-refractivity contribution < 1.29 is 0 Å². The zero-order chi connectivity index (χ0) is 11.5. The number of hydrogen-bond donors (Lipinski definition) is 1. The Morgan fingerprint density at radius 2 is 2.25 bits per heavy atom. The highest BCUT2D eigenvalue weighted by atomic mass is 35.5. The lowest BCUT2D eigenvalue weighted by Gasteiger charge is -2.06. The molecule has 0 bridgehead atoms. The van der Waals surface area contributed by atoms with Gasteiger partial charge < -0.3 is 5.32 Å². The summed E-state index contributed by atoms with van der Waals surface area (Å²) in [5, 5.41) is 4.29. The molecule has 1 unspecified atom stereocenters. The lowest BCUT2D eigenvalue weighted by molar-refractivity contribution is 0.612. The fraction of sp³-hybridized carbons (Fsp3) is 0.364. The maximum Gasteiger partial charge on any atom is 0.133 e. The fourth-order valence-corrected chi connectivity index (χ4v) is 3.49. The topological polar surface area (TPSA) is 24.9 Å². The molecule has 2 nitrogen and oxygen atoms in total. The molecule has 0 amide bonds. The van der Waals surface area contributed by atoms with Gasteiger partial charge in [0.1, 0.15) is 5.01 Å². The average molecular weight is 273 g/mol. The smallest absolute Gasteiger partial charge is 0.133 e. The Balaban J connectivity index is 2.13. The van der Waals surface area contributed by atoms with Crippen molar-refractivity contribution in [2.24, 2.45) is 0 Å². The standard InChI is InChI=1S/C11H13ClN2S2/c1-7(13-2)5-8-6-14-11(15-8)9-3-4-10(12)16-9/h3-4,6-7,13H,5H2,1-2H3. The van der Waals surface area contributed by atoms with Crippen LogP contribution in [0.1, 0.15) is 11.8 Å². The molecule has 0 aromatic carbocycles. The summed E-state index contributed by atoms with van der Waals surface area (Å²) in [5.41, 5.74) is 0. The van der Waals surface area contributed by atoms with Gasteiger partial charge in [-0.25, -0.2) is 4.98 Å². The Labute approximate surface area is 108 Å². The second-order valence-electron chi connectivity index (χ2n) is 3.63. The summed E-state index contributed by atoms with van der Waals surface area (Å²) in [6.07, 6.45) is 2.98. The Hall–Kier alpha value is -0.420. The zero-order valence-corrected chi connectivity index (χ0v) is 11.5. The quantitative estimate of drug-likeness (QED) is 0.919. The molecule has 0 radical (unpaired) electrons. The van der Waals surface area contributed by atoms with E-state index in [1.165, 1.54) is 4.88 Å². The van der Waals surface area contributed by atoms with Gasteiger partial charge in [-0.1, -0.05) is 11.6 Å². The maximum atomic E-state index is 5.91. The van der Waals surface area contributed by atoms with E-state index < -0.39 is 0 Å². The highest BCUT2D eigenvalue weighted by Gasteiger charge is 2.09. The second-order valence-corrected chi connectivity index (χ2v) is 6.46. The van der Waals surface area contributed by atoms with Crippen LogP contribution >= 0.6 is 34.3 Å². The molecule has 1 N–H and O–H groups in total. The Bertz CT molecular complexity index is 464. The van der Waals surface area contributed by atoms with Crippen molar-refractivity contribution in [3.8, 4) is 9.88 Å². The second kappa shape index (κ2) is 5.27. The Kier molecular flexibility index (Phi) is 3.97. The highest BCUT2D eigenvalue weighted by molar-refractivity contribution is 7.23. The zero-order valence-electron chi connectivity index (χ0n) is 9.16. The van der Waals surface area contributed by atoms with Crippen molar-refractivity contribution in [3.63, 3.8) is 0 Å². The van der Waals surface area contributed by atoms with Crippen LogP contribution in [-0.4, -0.2) is 18.1 Å². The molecule has 5 heteroatoms. The van der Waals surface area contributed by atoms with Crippen molar-refractivity contribution in [3.05, 3.63) is 27.5 Å². The molecule has 0 spiro atoms. The third-order valence-electron chi connectivity index (χ3n) is 2.34. The summed E-state index contributed by atoms with van der Waals surface area (Å²) in [5.74, 6) is 0. The summed E-state index contributed by atoms with van der Waals surface area (Å²) in [6.45, 7) is 2.17. The van der Waals surface area contributed by atoms with E-state index >= 15 is 0 Å². The molecule has 86 valence electrons. The largest absolute Gasteiger partial charge is 0.317 e. The number of thiazole rings is 1. The van der Waals surface area contributed by atoms with Crippen LogP contribution in [-0.2, 0) is 6.42 Å². The molecule has 0 fully saturated rings. The number of likely N-dealkylation sites (N-methyl/N-ethyl adjacent to an activating group) is 1. The molecule has 16 heavy (non-hydrogen) atoms. The first-order valence-corrected chi connectivity index (χ1v) is 7.08. The molecule has 0 aliphatic rings. The van der Waals surface area contributed by atoms with Gasteiger partial charge in [-0.2, -0.15) is 0 Å². The molecule has 0 aliphatic heterocycles. The number of aromatic nitrogens is 1. The molecule has 0 saturated heterocycles. The van der Waals surface area contributed by atoms with E-state index in [0.29, 0.717) is 6.04 Å². The minimum Gasteiger partial charge on any atom is -0.317 e. The molecule has 2 aromatic rings. The predicted molar refractivity (Wildman–Crippen MR) is 72.7 cm³/mol. The molecule has 2 heterocycles. The summed E-state index contributed by atoms with van der Waals surface area (Å²) < 4.78 is 0.815. The van der Waals surface area contributed by atoms with E-state index in [1.54, 1.807) is 22.7 Å². The third-order valence-corrected chi connectivity index (χ3v) is 4.76. The minimum absolute atomic E-state index is 0.486. The van der Waals surface area contributed by atoms with E-state index in [2.05, 4.69) is 17.2 Å². The van der Waals surface area contributed by atoms with Crippen LogP contribution in [0, 0.1) is 0 Å². The van der Waals surface area contributed by atoms with Gasteiger partial charge in [0.25, 0.3) is 0 Å². The lowest BCUT2D eigenvalue weighted by Crippen LogP contribution is -2.22. The summed E-state index contributed by atoms with van der Waals surface area (Å²) in [7, 11) is 1.98. The molecule has 1 atom stereocenters. The van der Waals surface area contributed by atoms with Crippen molar-refractivity contribution in [2.75, 3.05) is 7.05 Å². The van der Waals surface area contributed by atoms with Gasteiger partial charge in [0, 0.05) is 17.1 Å². The van der Waals surface area contributed by atoms with Crippen LogP contribution in [0.3, 0.4) is 0 Å². The lowest BCUT2D eigenvalue weighted by atomic mass is 10.2. The first kappa shape index (κ1) is 12.0. The number of nitrogens with one attached hydrogen (secondary N) is 1. The van der Waals surface area contributed by atoms with Gasteiger partial charge in [-0.05, 0) is 32.5 Å². The van der Waals surface area contributed by atoms with Crippen LogP contribution in [0.2, 0.25) is 4.34 Å². The van der Waals surface area contributed by atoms with E-state index in [0.717, 1.165) is 20.6 Å². The van der Waals surface area contributed by atoms with Crippen molar-refractivity contribution in [1.82, 2.24) is 10.3 Å². The summed E-state index contributed by atoms with van der Waals surface area (Å²) in [6, 6.07) is 4.43. The van der Waals surface area contributed by atoms with Gasteiger partial charge in [-0.15, -0.1) is 22.7 Å². The van der Waals surface area contributed by atoms with Gasteiger partial charge in [-0.3, -0.25) is 0 Å². The number of nitrogens with zero attached hydrogens (tertiary/aromatic N) is 1. The van der Waals surface area contributed by atoms with E-state index in [4.69, 9.17) is 11.6 Å². The molecule has 0 aliphatic carbocycles. The number of rotatable bonds is 4. The van der Waals surface area contributed by atoms with E-state index in [-0.39, 0.29) is 0 Å². The van der Waals surface area contributed by atoms with E-state index in [9.17, 15) is 0 Å². The molecule has 0 saturated carbocycles. The van der Waals surface area contributed by atoms with Crippen LogP contribution in [0.4, 0.5) is 0 Å². The van der Waals surface area contributed by atoms with Gasteiger partial charge in [0.15, 0.2) is 0 Å². The highest BCUT2D eigenvalue weighted by Crippen LogP contribution is 2.33. The monoisotopic (exact) mass is 272 g/mol. The molecular formula is C11H13ClN2S2. The SMILES string of the molecule is CNC(C)Cc1cnc(-c2ccc(Cl)s2)s1. The average Bonchev–Trinajstić information content (AvgIpc) is 2.87. The maximum absolute atomic E-state index is 5.91. The molecular weight excluding hydrogens is 260 g/mol. The van der Waals surface area contributed by atoms with Crippen LogP contribution < -0.4 is 5.32 Å². The van der Waals surface area contributed by atoms with Gasteiger partial charge in [0.05, 0.1) is 9.21 Å². The van der Waals surface area contributed by atoms with Crippen LogP contribution in [0.25, 0.3) is 9.88 Å². The number of hydrogen-bond acceptors (Lipinski definition) is 4. The van der Waals surface area contributed by atoms with Crippen LogP contribution in [0.5, 0.6) is 0 Å². The fourth-order valence-electron chi connectivity index (χ4n) is 1.35. The minimum atomic E-state index is 0.486. The number of halogens is 1. The first-order valence-electron chi connectivity index (χ1n) is 5.06. The third kappa shape index (κ3) is 2.83. The van der Waals surface area contributed by atoms with E-state index in [1.807, 2.05) is 25.4 Å². The Morgan fingerprint density at radius 1 is 1.44 bits per heavy atom. The van der Waals surface area contributed by atoms with Crippen molar-refractivity contribution >= 4 is 34.3 Å². The van der Waals surface area contributed by atoms with Gasteiger partial charge >= 0.3 is 0 Å².